The van der Waals surface area contributed by atoms with Crippen LogP contribution in [0.2, 0.25) is 0 Å². The third-order valence-corrected chi connectivity index (χ3v) is 2.88. The number of aromatic nitrogens is 2. The van der Waals surface area contributed by atoms with Crippen molar-refractivity contribution in [2.45, 2.75) is 13.5 Å². The average molecular weight is 223 g/mol. The second kappa shape index (κ2) is 5.06. The SMILES string of the molecule is CCONCc1cn[nH]c1-c1cccs1. The molecule has 0 aliphatic rings. The van der Waals surface area contributed by atoms with Crippen molar-refractivity contribution in [1.29, 1.82) is 0 Å². The van der Waals surface area contributed by atoms with Crippen molar-refractivity contribution in [3.8, 4) is 10.6 Å². The summed E-state index contributed by atoms with van der Waals surface area (Å²) in [5, 5.41) is 9.09. The van der Waals surface area contributed by atoms with Crippen LogP contribution in [0.5, 0.6) is 0 Å². The van der Waals surface area contributed by atoms with Crippen LogP contribution in [-0.4, -0.2) is 16.8 Å². The lowest BCUT2D eigenvalue weighted by molar-refractivity contribution is 0.0464. The maximum atomic E-state index is 5.09. The van der Waals surface area contributed by atoms with Gasteiger partial charge in [0.05, 0.1) is 23.4 Å². The van der Waals surface area contributed by atoms with Crippen LogP contribution in [0.15, 0.2) is 23.7 Å². The second-order valence-corrected chi connectivity index (χ2v) is 3.95. The summed E-state index contributed by atoms with van der Waals surface area (Å²) >= 11 is 1.69. The molecule has 0 atom stereocenters. The minimum Gasteiger partial charge on any atom is -0.302 e. The lowest BCUT2D eigenvalue weighted by Crippen LogP contribution is -2.13. The molecule has 0 unspecified atom stereocenters. The smallest absolute Gasteiger partial charge is 0.0795 e. The Bertz CT molecular complexity index is 396. The number of hydrogen-bond donors (Lipinski definition) is 2. The fraction of sp³-hybridized carbons (Fsp3) is 0.300. The van der Waals surface area contributed by atoms with E-state index in [0.717, 1.165) is 11.3 Å². The topological polar surface area (TPSA) is 49.9 Å². The van der Waals surface area contributed by atoms with Crippen LogP contribution in [0.4, 0.5) is 0 Å². The Morgan fingerprint density at radius 2 is 2.53 bits per heavy atom. The highest BCUT2D eigenvalue weighted by molar-refractivity contribution is 7.13. The van der Waals surface area contributed by atoms with Crippen LogP contribution in [0.3, 0.4) is 0 Å². The van der Waals surface area contributed by atoms with Gasteiger partial charge in [-0.25, -0.2) is 0 Å². The van der Waals surface area contributed by atoms with Gasteiger partial charge in [0.15, 0.2) is 0 Å². The van der Waals surface area contributed by atoms with Gasteiger partial charge in [0.1, 0.15) is 0 Å². The Morgan fingerprint density at radius 1 is 1.60 bits per heavy atom. The van der Waals surface area contributed by atoms with Gasteiger partial charge < -0.3 is 4.84 Å². The van der Waals surface area contributed by atoms with Gasteiger partial charge in [-0.15, -0.1) is 11.3 Å². The summed E-state index contributed by atoms with van der Waals surface area (Å²) in [6.07, 6.45) is 1.82. The summed E-state index contributed by atoms with van der Waals surface area (Å²) in [4.78, 5) is 6.29. The molecule has 0 fully saturated rings. The predicted octanol–water partition coefficient (Wildman–Crippen LogP) is 2.18. The number of aromatic amines is 1. The van der Waals surface area contributed by atoms with E-state index < -0.39 is 0 Å². The molecule has 15 heavy (non-hydrogen) atoms. The number of thiophene rings is 1. The van der Waals surface area contributed by atoms with Gasteiger partial charge in [-0.2, -0.15) is 10.6 Å². The normalized spacial score (nSPS) is 10.7. The molecule has 0 aromatic carbocycles. The maximum absolute atomic E-state index is 5.09. The molecule has 4 nitrogen and oxygen atoms in total. The Morgan fingerprint density at radius 3 is 3.27 bits per heavy atom. The molecule has 2 N–H and O–H groups in total. The van der Waals surface area contributed by atoms with Crippen molar-refractivity contribution >= 4 is 11.3 Å². The zero-order valence-electron chi connectivity index (χ0n) is 8.49. The van der Waals surface area contributed by atoms with Crippen LogP contribution >= 0.6 is 11.3 Å². The molecule has 0 radical (unpaired) electrons. The summed E-state index contributed by atoms with van der Waals surface area (Å²) in [5.74, 6) is 0. The van der Waals surface area contributed by atoms with Gasteiger partial charge in [-0.3, -0.25) is 5.10 Å². The first-order valence-corrected chi connectivity index (χ1v) is 5.70. The highest BCUT2D eigenvalue weighted by Gasteiger charge is 2.07. The summed E-state index contributed by atoms with van der Waals surface area (Å²) in [6.45, 7) is 3.27. The molecule has 5 heteroatoms. The quantitative estimate of drug-likeness (QED) is 0.603. The van der Waals surface area contributed by atoms with Crippen molar-refractivity contribution < 1.29 is 4.84 Å². The first-order valence-electron chi connectivity index (χ1n) is 4.82. The van der Waals surface area contributed by atoms with E-state index in [2.05, 4.69) is 27.1 Å². The molecule has 2 aromatic heterocycles. The second-order valence-electron chi connectivity index (χ2n) is 3.00. The average Bonchev–Trinajstić information content (AvgIpc) is 2.87. The highest BCUT2D eigenvalue weighted by atomic mass is 32.1. The molecule has 0 spiro atoms. The van der Waals surface area contributed by atoms with Crippen molar-refractivity contribution in [1.82, 2.24) is 15.7 Å². The van der Waals surface area contributed by atoms with Gasteiger partial charge in [-0.05, 0) is 18.4 Å². The minimum absolute atomic E-state index is 0.659. The summed E-state index contributed by atoms with van der Waals surface area (Å²) in [7, 11) is 0. The van der Waals surface area contributed by atoms with E-state index >= 15 is 0 Å². The Balaban J connectivity index is 2.09. The number of hydroxylamine groups is 1. The number of rotatable bonds is 5. The van der Waals surface area contributed by atoms with Crippen LogP contribution < -0.4 is 5.48 Å². The first-order chi connectivity index (χ1) is 7.42. The van der Waals surface area contributed by atoms with Crippen molar-refractivity contribution in [2.24, 2.45) is 0 Å². The number of nitrogens with one attached hydrogen (secondary N) is 2. The van der Waals surface area contributed by atoms with Gasteiger partial charge in [-0.1, -0.05) is 6.07 Å². The van der Waals surface area contributed by atoms with E-state index in [1.165, 1.54) is 4.88 Å². The van der Waals surface area contributed by atoms with Gasteiger partial charge in [0.25, 0.3) is 0 Å². The highest BCUT2D eigenvalue weighted by Crippen LogP contribution is 2.25. The molecule has 0 aliphatic heterocycles. The molecule has 0 amide bonds. The van der Waals surface area contributed by atoms with Gasteiger partial charge in [0, 0.05) is 12.1 Å². The fourth-order valence-electron chi connectivity index (χ4n) is 1.31. The molecule has 2 heterocycles. The Hall–Kier alpha value is -1.17. The van der Waals surface area contributed by atoms with Crippen LogP contribution in [0.25, 0.3) is 10.6 Å². The zero-order chi connectivity index (χ0) is 10.5. The van der Waals surface area contributed by atoms with E-state index in [4.69, 9.17) is 4.84 Å². The van der Waals surface area contributed by atoms with Crippen molar-refractivity contribution in [2.75, 3.05) is 6.61 Å². The maximum Gasteiger partial charge on any atom is 0.0795 e. The predicted molar refractivity (Wildman–Crippen MR) is 60.4 cm³/mol. The molecular formula is C10H13N3OS. The molecular weight excluding hydrogens is 210 g/mol. The van der Waals surface area contributed by atoms with E-state index in [-0.39, 0.29) is 0 Å². The molecule has 2 aromatic rings. The standard InChI is InChI=1S/C10H13N3OS/c1-2-14-12-7-8-6-11-13-10(8)9-4-3-5-15-9/h3-6,12H,2,7H2,1H3,(H,11,13). The third-order valence-electron chi connectivity index (χ3n) is 1.99. The molecule has 0 aliphatic carbocycles. The Kier molecular flexibility index (Phi) is 3.49. The van der Waals surface area contributed by atoms with Crippen LogP contribution in [-0.2, 0) is 11.4 Å². The van der Waals surface area contributed by atoms with E-state index in [0.29, 0.717) is 13.2 Å². The third kappa shape index (κ3) is 2.44. The number of hydrogen-bond acceptors (Lipinski definition) is 4. The molecule has 0 bridgehead atoms. The Labute approximate surface area is 92.2 Å². The van der Waals surface area contributed by atoms with Crippen LogP contribution in [0.1, 0.15) is 12.5 Å². The summed E-state index contributed by atoms with van der Waals surface area (Å²) < 4.78 is 0. The fourth-order valence-corrected chi connectivity index (χ4v) is 2.07. The van der Waals surface area contributed by atoms with Gasteiger partial charge >= 0.3 is 0 Å². The van der Waals surface area contributed by atoms with Crippen molar-refractivity contribution in [3.05, 3.63) is 29.3 Å². The summed E-state index contributed by atoms with van der Waals surface area (Å²) in [6, 6.07) is 4.10. The van der Waals surface area contributed by atoms with Crippen LogP contribution in [0, 0.1) is 0 Å². The first kappa shape index (κ1) is 10.4. The molecule has 0 saturated carbocycles. The lowest BCUT2D eigenvalue weighted by atomic mass is 10.2. The largest absolute Gasteiger partial charge is 0.302 e. The summed E-state index contributed by atoms with van der Waals surface area (Å²) in [5.41, 5.74) is 5.07. The number of nitrogens with zero attached hydrogens (tertiary/aromatic N) is 1. The van der Waals surface area contributed by atoms with Gasteiger partial charge in [0.2, 0.25) is 0 Å². The molecule has 2 rings (SSSR count). The molecule has 0 saturated heterocycles. The molecule has 80 valence electrons. The monoisotopic (exact) mass is 223 g/mol. The zero-order valence-corrected chi connectivity index (χ0v) is 9.30. The minimum atomic E-state index is 0.659. The van der Waals surface area contributed by atoms with E-state index in [1.807, 2.05) is 19.2 Å². The lowest BCUT2D eigenvalue weighted by Gasteiger charge is -2.02. The van der Waals surface area contributed by atoms with Crippen molar-refractivity contribution in [3.63, 3.8) is 0 Å². The van der Waals surface area contributed by atoms with E-state index in [9.17, 15) is 0 Å². The van der Waals surface area contributed by atoms with E-state index in [1.54, 1.807) is 11.3 Å². The number of H-pyrrole nitrogens is 1.